The zero-order chi connectivity index (χ0) is 23.5. The molecule has 2 aromatic carbocycles. The lowest BCUT2D eigenvalue weighted by molar-refractivity contribution is 0.175. The van der Waals surface area contributed by atoms with Gasteiger partial charge in [-0.05, 0) is 94.1 Å². The Morgan fingerprint density at radius 3 is 2.40 bits per heavy atom. The smallest absolute Gasteiger partial charge is 0.160 e. The maximum Gasteiger partial charge on any atom is 0.160 e. The number of hydrogen-bond acceptors (Lipinski definition) is 6. The van der Waals surface area contributed by atoms with Crippen molar-refractivity contribution < 1.29 is 20.1 Å². The number of benzene rings is 2. The number of rotatable bonds is 14. The summed E-state index contributed by atoms with van der Waals surface area (Å²) in [6.07, 6.45) is 8.85. The fourth-order valence-corrected chi connectivity index (χ4v) is 4.71. The van der Waals surface area contributed by atoms with Crippen LogP contribution in [0.3, 0.4) is 0 Å². The van der Waals surface area contributed by atoms with Crippen LogP contribution in [-0.2, 0) is 12.8 Å². The van der Waals surface area contributed by atoms with Gasteiger partial charge in [-0.25, -0.2) is 0 Å². The SMILES string of the molecule is CCCN(CCCCCCNCCOc1ccc(O)cc1)[C@H]1CCc2c(ccc(O)c2O)C1.Cl.Cl. The number of nitrogens with one attached hydrogen (secondary N) is 1. The Balaban J connectivity index is 0.00000306. The number of halogens is 2. The zero-order valence-corrected chi connectivity index (χ0v) is 22.4. The molecule has 0 fully saturated rings. The maximum atomic E-state index is 10.1. The normalized spacial score (nSPS) is 14.6. The highest BCUT2D eigenvalue weighted by molar-refractivity contribution is 5.85. The molecule has 0 amide bonds. The molecule has 0 spiro atoms. The minimum absolute atomic E-state index is 0. The Hall–Kier alpha value is -1.86. The van der Waals surface area contributed by atoms with Gasteiger partial charge < -0.3 is 30.3 Å². The molecule has 6 nitrogen and oxygen atoms in total. The van der Waals surface area contributed by atoms with Crippen molar-refractivity contribution in [1.29, 1.82) is 0 Å². The molecular formula is C27H42Cl2N2O4. The van der Waals surface area contributed by atoms with Crippen molar-refractivity contribution in [3.05, 3.63) is 47.5 Å². The summed E-state index contributed by atoms with van der Waals surface area (Å²) in [5.41, 5.74) is 2.12. The maximum absolute atomic E-state index is 10.1. The Bertz CT molecular complexity index is 852. The van der Waals surface area contributed by atoms with Crippen molar-refractivity contribution in [2.24, 2.45) is 0 Å². The molecule has 198 valence electrons. The number of fused-ring (bicyclic) bond motifs is 1. The molecule has 0 saturated carbocycles. The van der Waals surface area contributed by atoms with Crippen LogP contribution < -0.4 is 10.1 Å². The summed E-state index contributed by atoms with van der Waals surface area (Å²) in [6.45, 7) is 6.94. The standard InChI is InChI=1S/C27H40N2O4.2ClH/c1-2-17-29(22-8-13-25-21(20-22)7-14-26(31)27(25)32)18-6-4-3-5-15-28-16-19-33-24-11-9-23(30)10-12-24;;/h7,9-12,14,22,28,30-32H,2-6,8,13,15-20H2,1H3;2*1H/t22-;;/m0../s1. The van der Waals surface area contributed by atoms with E-state index in [-0.39, 0.29) is 42.1 Å². The Morgan fingerprint density at radius 1 is 0.914 bits per heavy atom. The molecule has 1 aliphatic rings. The molecule has 0 aromatic heterocycles. The van der Waals surface area contributed by atoms with Gasteiger partial charge >= 0.3 is 0 Å². The minimum atomic E-state index is -0.00280. The van der Waals surface area contributed by atoms with Crippen LogP contribution in [0.1, 0.15) is 56.6 Å². The summed E-state index contributed by atoms with van der Waals surface area (Å²) in [4.78, 5) is 2.63. The molecule has 1 atom stereocenters. The first-order valence-corrected chi connectivity index (χ1v) is 12.5. The number of ether oxygens (including phenoxy) is 1. The van der Waals surface area contributed by atoms with Crippen LogP contribution in [0.25, 0.3) is 0 Å². The van der Waals surface area contributed by atoms with Gasteiger partial charge in [-0.2, -0.15) is 0 Å². The van der Waals surface area contributed by atoms with Crippen LogP contribution in [0.5, 0.6) is 23.0 Å². The second kappa shape index (κ2) is 16.7. The third-order valence-electron chi connectivity index (χ3n) is 6.50. The molecule has 35 heavy (non-hydrogen) atoms. The molecule has 8 heteroatoms. The number of phenolic OH excluding ortho intramolecular Hbond substituents is 3. The minimum Gasteiger partial charge on any atom is -0.508 e. The van der Waals surface area contributed by atoms with Crippen LogP contribution in [-0.4, -0.2) is 59.0 Å². The highest BCUT2D eigenvalue weighted by atomic mass is 35.5. The number of unbranched alkanes of at least 4 members (excludes halogenated alkanes) is 3. The Labute approximate surface area is 222 Å². The van der Waals surface area contributed by atoms with Crippen LogP contribution in [0.15, 0.2) is 36.4 Å². The van der Waals surface area contributed by atoms with Crippen molar-refractivity contribution in [3.63, 3.8) is 0 Å². The molecule has 0 aliphatic heterocycles. The molecule has 3 rings (SSSR count). The van der Waals surface area contributed by atoms with Crippen molar-refractivity contribution in [2.45, 2.75) is 64.3 Å². The van der Waals surface area contributed by atoms with Gasteiger partial charge in [0.05, 0.1) is 0 Å². The second-order valence-electron chi connectivity index (χ2n) is 9.01. The number of aromatic hydroxyl groups is 3. The predicted molar refractivity (Wildman–Crippen MR) is 147 cm³/mol. The van der Waals surface area contributed by atoms with Gasteiger partial charge in [0.25, 0.3) is 0 Å². The first-order valence-electron chi connectivity index (χ1n) is 12.5. The average molecular weight is 530 g/mol. The lowest BCUT2D eigenvalue weighted by Crippen LogP contribution is -2.40. The summed E-state index contributed by atoms with van der Waals surface area (Å²) >= 11 is 0. The molecule has 4 N–H and O–H groups in total. The number of phenols is 3. The van der Waals surface area contributed by atoms with Crippen LogP contribution in [0, 0.1) is 0 Å². The number of hydrogen-bond donors (Lipinski definition) is 4. The highest BCUT2D eigenvalue weighted by Gasteiger charge is 2.26. The van der Waals surface area contributed by atoms with Gasteiger partial charge in [-0.3, -0.25) is 0 Å². The Kier molecular flexibility index (Phi) is 14.9. The van der Waals surface area contributed by atoms with E-state index in [1.165, 1.54) is 31.2 Å². The monoisotopic (exact) mass is 528 g/mol. The van der Waals surface area contributed by atoms with Crippen molar-refractivity contribution in [2.75, 3.05) is 32.8 Å². The summed E-state index contributed by atoms with van der Waals surface area (Å²) in [5, 5.41) is 32.6. The topological polar surface area (TPSA) is 85.2 Å². The van der Waals surface area contributed by atoms with E-state index in [0.717, 1.165) is 63.2 Å². The van der Waals surface area contributed by atoms with E-state index < -0.39 is 0 Å². The summed E-state index contributed by atoms with van der Waals surface area (Å²) < 4.78 is 5.64. The van der Waals surface area contributed by atoms with E-state index in [4.69, 9.17) is 4.74 Å². The van der Waals surface area contributed by atoms with Crippen LogP contribution in [0.4, 0.5) is 0 Å². The number of nitrogens with zero attached hydrogens (tertiary/aromatic N) is 1. The van der Waals surface area contributed by atoms with E-state index in [1.54, 1.807) is 30.3 Å². The first-order chi connectivity index (χ1) is 16.1. The van der Waals surface area contributed by atoms with E-state index in [0.29, 0.717) is 12.6 Å². The third-order valence-corrected chi connectivity index (χ3v) is 6.50. The fourth-order valence-electron chi connectivity index (χ4n) is 4.71. The van der Waals surface area contributed by atoms with Gasteiger partial charge in [0.2, 0.25) is 0 Å². The lowest BCUT2D eigenvalue weighted by atomic mass is 9.86. The van der Waals surface area contributed by atoms with Crippen LogP contribution >= 0.6 is 24.8 Å². The molecule has 0 radical (unpaired) electrons. The first kappa shape index (κ1) is 31.2. The lowest BCUT2D eigenvalue weighted by Gasteiger charge is -2.35. The van der Waals surface area contributed by atoms with Gasteiger partial charge in [0, 0.05) is 18.2 Å². The Morgan fingerprint density at radius 2 is 1.66 bits per heavy atom. The molecular weight excluding hydrogens is 487 g/mol. The summed E-state index contributed by atoms with van der Waals surface area (Å²) in [5.74, 6) is 1.11. The van der Waals surface area contributed by atoms with Gasteiger partial charge in [-0.15, -0.1) is 24.8 Å². The van der Waals surface area contributed by atoms with Gasteiger partial charge in [0.15, 0.2) is 11.5 Å². The predicted octanol–water partition coefficient (Wildman–Crippen LogP) is 5.45. The van der Waals surface area contributed by atoms with E-state index in [1.807, 2.05) is 6.07 Å². The molecule has 0 heterocycles. The molecule has 0 unspecified atom stereocenters. The molecule has 0 saturated heterocycles. The second-order valence-corrected chi connectivity index (χ2v) is 9.01. The third kappa shape index (κ3) is 9.96. The van der Waals surface area contributed by atoms with Crippen molar-refractivity contribution in [1.82, 2.24) is 10.2 Å². The van der Waals surface area contributed by atoms with Crippen LogP contribution in [0.2, 0.25) is 0 Å². The van der Waals surface area contributed by atoms with E-state index in [9.17, 15) is 15.3 Å². The molecule has 2 aromatic rings. The van der Waals surface area contributed by atoms with Crippen molar-refractivity contribution in [3.8, 4) is 23.0 Å². The average Bonchev–Trinajstić information content (AvgIpc) is 2.83. The molecule has 1 aliphatic carbocycles. The zero-order valence-electron chi connectivity index (χ0n) is 20.7. The quantitative estimate of drug-likeness (QED) is 0.193. The van der Waals surface area contributed by atoms with E-state index >= 15 is 0 Å². The fraction of sp³-hybridized carbons (Fsp3) is 0.556. The largest absolute Gasteiger partial charge is 0.508 e. The van der Waals surface area contributed by atoms with Gasteiger partial charge in [0.1, 0.15) is 18.1 Å². The van der Waals surface area contributed by atoms with Gasteiger partial charge in [-0.1, -0.05) is 25.8 Å². The summed E-state index contributed by atoms with van der Waals surface area (Å²) in [6, 6.07) is 10.9. The highest BCUT2D eigenvalue weighted by Crippen LogP contribution is 2.36. The van der Waals surface area contributed by atoms with E-state index in [2.05, 4.69) is 17.1 Å². The summed E-state index contributed by atoms with van der Waals surface area (Å²) in [7, 11) is 0. The van der Waals surface area contributed by atoms with Crippen molar-refractivity contribution >= 4 is 24.8 Å². The molecule has 0 bridgehead atoms.